The molecule has 0 amide bonds. The molecule has 0 aliphatic heterocycles. The van der Waals surface area contributed by atoms with Gasteiger partial charge < -0.3 is 14.8 Å². The summed E-state index contributed by atoms with van der Waals surface area (Å²) in [5.74, 6) is -1.01. The number of hydrogen-bond donors (Lipinski definition) is 1. The number of quaternary nitrogens is 1. The Hall–Kier alpha value is -2.13. The highest BCUT2D eigenvalue weighted by molar-refractivity contribution is 5.65. The van der Waals surface area contributed by atoms with E-state index in [1.165, 1.54) is 5.56 Å². The van der Waals surface area contributed by atoms with Gasteiger partial charge in [0.25, 0.3) is 0 Å². The highest BCUT2D eigenvalue weighted by atomic mass is 16.4. The van der Waals surface area contributed by atoms with Crippen molar-refractivity contribution >= 4 is 5.97 Å². The van der Waals surface area contributed by atoms with E-state index in [1.807, 2.05) is 30.3 Å². The Morgan fingerprint density at radius 2 is 1.43 bits per heavy atom. The molecular formula is C18H21NO2. The van der Waals surface area contributed by atoms with Crippen molar-refractivity contribution in [1.82, 2.24) is 0 Å². The first kappa shape index (κ1) is 15.3. The van der Waals surface area contributed by atoms with E-state index in [-0.39, 0.29) is 6.54 Å². The van der Waals surface area contributed by atoms with E-state index >= 15 is 0 Å². The van der Waals surface area contributed by atoms with Gasteiger partial charge in [-0.2, -0.15) is 0 Å². The van der Waals surface area contributed by atoms with E-state index in [4.69, 9.17) is 0 Å². The molecule has 3 heteroatoms. The quantitative estimate of drug-likeness (QED) is 0.808. The summed E-state index contributed by atoms with van der Waals surface area (Å²) in [7, 11) is 0. The van der Waals surface area contributed by atoms with Gasteiger partial charge in [-0.05, 0) is 12.0 Å². The maximum atomic E-state index is 11.0. The Balaban J connectivity index is 2.06. The summed E-state index contributed by atoms with van der Waals surface area (Å²) in [4.78, 5) is 11.9. The second kappa shape index (κ2) is 7.60. The number of nitrogens with one attached hydrogen (secondary N) is 1. The molecule has 0 bridgehead atoms. The maximum absolute atomic E-state index is 11.0. The van der Waals surface area contributed by atoms with E-state index < -0.39 is 5.97 Å². The van der Waals surface area contributed by atoms with Crippen LogP contribution in [0.3, 0.4) is 0 Å². The lowest BCUT2D eigenvalue weighted by Crippen LogP contribution is -3.10. The Bertz CT molecular complexity index is 564. The van der Waals surface area contributed by atoms with Crippen molar-refractivity contribution in [3.63, 3.8) is 0 Å². The van der Waals surface area contributed by atoms with E-state index in [0.717, 1.165) is 22.4 Å². The highest BCUT2D eigenvalue weighted by Gasteiger charge is 2.11. The first-order chi connectivity index (χ1) is 10.2. The Morgan fingerprint density at radius 3 is 1.95 bits per heavy atom. The normalized spacial score (nSPS) is 12.0. The van der Waals surface area contributed by atoms with Crippen LogP contribution in [0.5, 0.6) is 0 Å². The van der Waals surface area contributed by atoms with Crippen LogP contribution in [-0.4, -0.2) is 12.5 Å². The summed E-state index contributed by atoms with van der Waals surface area (Å²) < 4.78 is 0. The topological polar surface area (TPSA) is 44.6 Å². The smallest absolute Gasteiger partial charge is 0.118 e. The molecule has 1 N–H and O–H groups in total. The number of aryl methyl sites for hydroxylation is 1. The second-order valence-corrected chi connectivity index (χ2v) is 5.31. The molecule has 0 saturated carbocycles. The minimum Gasteiger partial charge on any atom is -0.544 e. The number of hydrogen-bond acceptors (Lipinski definition) is 2. The van der Waals surface area contributed by atoms with Crippen LogP contribution in [0.2, 0.25) is 0 Å². The van der Waals surface area contributed by atoms with Crippen molar-refractivity contribution in [3.8, 4) is 0 Å². The molecule has 0 saturated heterocycles. The number of carbonyl (C=O) groups is 1. The summed E-state index contributed by atoms with van der Waals surface area (Å²) in [6, 6.07) is 18.3. The lowest BCUT2D eigenvalue weighted by atomic mass is 10.1. The Labute approximate surface area is 125 Å². The van der Waals surface area contributed by atoms with Gasteiger partial charge in [-0.25, -0.2) is 0 Å². The minimum absolute atomic E-state index is 0.0183. The van der Waals surface area contributed by atoms with Crippen molar-refractivity contribution in [1.29, 1.82) is 0 Å². The first-order valence-corrected chi connectivity index (χ1v) is 7.32. The number of carbonyl (C=O) groups excluding carboxylic acids is 1. The minimum atomic E-state index is -1.01. The third-order valence-corrected chi connectivity index (χ3v) is 3.58. The molecule has 2 aromatic carbocycles. The zero-order valence-electron chi connectivity index (χ0n) is 12.3. The Kier molecular flexibility index (Phi) is 5.52. The van der Waals surface area contributed by atoms with Crippen LogP contribution < -0.4 is 10.0 Å². The van der Waals surface area contributed by atoms with Gasteiger partial charge in [-0.1, -0.05) is 61.5 Å². The number of benzene rings is 2. The van der Waals surface area contributed by atoms with Crippen molar-refractivity contribution in [2.75, 3.05) is 6.54 Å². The monoisotopic (exact) mass is 283 g/mol. The van der Waals surface area contributed by atoms with Gasteiger partial charge in [-0.15, -0.1) is 0 Å². The van der Waals surface area contributed by atoms with Gasteiger partial charge in [-0.3, -0.25) is 0 Å². The molecule has 21 heavy (non-hydrogen) atoms. The molecule has 2 aromatic rings. The maximum Gasteiger partial charge on any atom is 0.118 e. The van der Waals surface area contributed by atoms with Crippen LogP contribution in [0, 0.1) is 0 Å². The van der Waals surface area contributed by atoms with Gasteiger partial charge >= 0.3 is 0 Å². The SMILES string of the molecule is CCc1ccc(C[NH+](CC(=O)[O-])Cc2ccccc2)cc1. The van der Waals surface area contributed by atoms with Gasteiger partial charge in [0.1, 0.15) is 19.6 Å². The average molecular weight is 283 g/mol. The number of carboxylic acids is 1. The number of aliphatic carboxylic acids is 1. The summed E-state index contributed by atoms with van der Waals surface area (Å²) in [6.45, 7) is 3.51. The summed E-state index contributed by atoms with van der Waals surface area (Å²) in [6.07, 6.45) is 1.01. The van der Waals surface area contributed by atoms with Crippen LogP contribution in [0.15, 0.2) is 54.6 Å². The fourth-order valence-electron chi connectivity index (χ4n) is 2.46. The Morgan fingerprint density at radius 1 is 0.905 bits per heavy atom. The molecule has 0 radical (unpaired) electrons. The fraction of sp³-hybridized carbons (Fsp3) is 0.278. The highest BCUT2D eigenvalue weighted by Crippen LogP contribution is 2.04. The van der Waals surface area contributed by atoms with Crippen LogP contribution >= 0.6 is 0 Å². The molecule has 0 aromatic heterocycles. The van der Waals surface area contributed by atoms with E-state index in [9.17, 15) is 9.90 Å². The van der Waals surface area contributed by atoms with Crippen molar-refractivity contribution in [2.24, 2.45) is 0 Å². The van der Waals surface area contributed by atoms with E-state index in [1.54, 1.807) is 0 Å². The van der Waals surface area contributed by atoms with Crippen LogP contribution in [-0.2, 0) is 24.3 Å². The lowest BCUT2D eigenvalue weighted by Gasteiger charge is -2.20. The summed E-state index contributed by atoms with van der Waals surface area (Å²) >= 11 is 0. The molecule has 0 aliphatic carbocycles. The number of rotatable bonds is 7. The molecule has 110 valence electrons. The van der Waals surface area contributed by atoms with Gasteiger partial charge in [0.05, 0.1) is 5.97 Å². The van der Waals surface area contributed by atoms with Crippen molar-refractivity contribution in [3.05, 3.63) is 71.3 Å². The summed E-state index contributed by atoms with van der Waals surface area (Å²) in [5.41, 5.74) is 3.58. The molecule has 0 spiro atoms. The molecule has 2 rings (SSSR count). The zero-order chi connectivity index (χ0) is 15.1. The number of carboxylic acid groups (broad SMARTS) is 1. The summed E-state index contributed by atoms with van der Waals surface area (Å²) in [5, 5.41) is 11.0. The molecule has 1 unspecified atom stereocenters. The molecule has 0 fully saturated rings. The van der Waals surface area contributed by atoms with Gasteiger partial charge in [0.2, 0.25) is 0 Å². The van der Waals surface area contributed by atoms with Gasteiger partial charge in [0, 0.05) is 11.1 Å². The molecule has 1 atom stereocenters. The largest absolute Gasteiger partial charge is 0.544 e. The molecule has 0 heterocycles. The van der Waals surface area contributed by atoms with Crippen LogP contribution in [0.1, 0.15) is 23.6 Å². The fourth-order valence-corrected chi connectivity index (χ4v) is 2.46. The predicted molar refractivity (Wildman–Crippen MR) is 80.5 cm³/mol. The standard InChI is InChI=1S/C18H21NO2/c1-2-15-8-10-17(11-9-15)13-19(14-18(20)21)12-16-6-4-3-5-7-16/h3-11H,2,12-14H2,1H3,(H,20,21). The van der Waals surface area contributed by atoms with Crippen LogP contribution in [0.4, 0.5) is 0 Å². The molecule has 0 aliphatic rings. The first-order valence-electron chi connectivity index (χ1n) is 7.32. The van der Waals surface area contributed by atoms with Crippen molar-refractivity contribution < 1.29 is 14.8 Å². The third-order valence-electron chi connectivity index (χ3n) is 3.58. The average Bonchev–Trinajstić information content (AvgIpc) is 2.48. The van der Waals surface area contributed by atoms with Gasteiger partial charge in [0.15, 0.2) is 0 Å². The van der Waals surface area contributed by atoms with E-state index in [0.29, 0.717) is 13.1 Å². The zero-order valence-corrected chi connectivity index (χ0v) is 12.3. The van der Waals surface area contributed by atoms with Crippen LogP contribution in [0.25, 0.3) is 0 Å². The third kappa shape index (κ3) is 5.04. The predicted octanol–water partition coefficient (Wildman–Crippen LogP) is 0.584. The molecule has 3 nitrogen and oxygen atoms in total. The second-order valence-electron chi connectivity index (χ2n) is 5.31. The van der Waals surface area contributed by atoms with Crippen molar-refractivity contribution in [2.45, 2.75) is 26.4 Å². The molecular weight excluding hydrogens is 262 g/mol. The lowest BCUT2D eigenvalue weighted by molar-refractivity contribution is -0.922. The van der Waals surface area contributed by atoms with E-state index in [2.05, 4.69) is 31.2 Å².